The molecule has 0 aliphatic heterocycles. The molecule has 26 heavy (non-hydrogen) atoms. The molecule has 2 amide bonds. The summed E-state index contributed by atoms with van der Waals surface area (Å²) in [6.07, 6.45) is 3.88. The fraction of sp³-hybridized carbons (Fsp3) is 0.529. The van der Waals surface area contributed by atoms with Crippen molar-refractivity contribution in [2.24, 2.45) is 0 Å². The van der Waals surface area contributed by atoms with Gasteiger partial charge in [-0.15, -0.1) is 10.2 Å². The van der Waals surface area contributed by atoms with Gasteiger partial charge in [0.2, 0.25) is 11.8 Å². The SMILES string of the molecule is CCn1c(SCC(=O)N(C)CC(=O)NCc2ccco2)nnc1C1CC1. The monoisotopic (exact) mass is 377 g/mol. The summed E-state index contributed by atoms with van der Waals surface area (Å²) in [7, 11) is 1.62. The molecule has 1 fully saturated rings. The van der Waals surface area contributed by atoms with Gasteiger partial charge in [0.05, 0.1) is 25.1 Å². The largest absolute Gasteiger partial charge is 0.467 e. The van der Waals surface area contributed by atoms with Crippen molar-refractivity contribution in [3.63, 3.8) is 0 Å². The van der Waals surface area contributed by atoms with Gasteiger partial charge in [-0.05, 0) is 31.9 Å². The molecule has 0 saturated heterocycles. The van der Waals surface area contributed by atoms with E-state index in [-0.39, 0.29) is 24.1 Å². The summed E-state index contributed by atoms with van der Waals surface area (Å²) < 4.78 is 7.23. The van der Waals surface area contributed by atoms with Crippen LogP contribution in [-0.2, 0) is 22.7 Å². The van der Waals surface area contributed by atoms with E-state index in [4.69, 9.17) is 4.42 Å². The van der Waals surface area contributed by atoms with Crippen LogP contribution in [0.2, 0.25) is 0 Å². The van der Waals surface area contributed by atoms with Gasteiger partial charge in [-0.1, -0.05) is 11.8 Å². The number of carbonyl (C=O) groups is 2. The number of hydrogen-bond donors (Lipinski definition) is 1. The lowest BCUT2D eigenvalue weighted by Gasteiger charge is -2.16. The second-order valence-corrected chi connectivity index (χ2v) is 7.20. The summed E-state index contributed by atoms with van der Waals surface area (Å²) in [5.74, 6) is 2.09. The maximum Gasteiger partial charge on any atom is 0.239 e. The lowest BCUT2D eigenvalue weighted by atomic mass is 10.4. The molecule has 2 heterocycles. The third kappa shape index (κ3) is 4.66. The highest BCUT2D eigenvalue weighted by Crippen LogP contribution is 2.39. The smallest absolute Gasteiger partial charge is 0.239 e. The van der Waals surface area contributed by atoms with Crippen LogP contribution in [0.25, 0.3) is 0 Å². The fourth-order valence-electron chi connectivity index (χ4n) is 2.54. The molecule has 8 nitrogen and oxygen atoms in total. The van der Waals surface area contributed by atoms with E-state index in [1.165, 1.54) is 16.7 Å². The maximum absolute atomic E-state index is 12.3. The molecule has 3 rings (SSSR count). The second kappa shape index (κ2) is 8.39. The number of nitrogens with zero attached hydrogens (tertiary/aromatic N) is 4. The van der Waals surface area contributed by atoms with Crippen LogP contribution in [0.15, 0.2) is 28.0 Å². The highest BCUT2D eigenvalue weighted by molar-refractivity contribution is 7.99. The average molecular weight is 377 g/mol. The van der Waals surface area contributed by atoms with Crippen LogP contribution in [0.4, 0.5) is 0 Å². The zero-order valence-electron chi connectivity index (χ0n) is 15.0. The lowest BCUT2D eigenvalue weighted by Crippen LogP contribution is -2.38. The van der Waals surface area contributed by atoms with Gasteiger partial charge in [-0.3, -0.25) is 9.59 Å². The average Bonchev–Trinajstić information content (AvgIpc) is 3.19. The summed E-state index contributed by atoms with van der Waals surface area (Å²) in [4.78, 5) is 25.6. The first-order valence-electron chi connectivity index (χ1n) is 8.67. The van der Waals surface area contributed by atoms with E-state index in [9.17, 15) is 9.59 Å². The summed E-state index contributed by atoms with van der Waals surface area (Å²) >= 11 is 1.36. The highest BCUT2D eigenvalue weighted by atomic mass is 32.2. The van der Waals surface area contributed by atoms with Crippen LogP contribution < -0.4 is 5.32 Å². The molecule has 0 aromatic carbocycles. The lowest BCUT2D eigenvalue weighted by molar-refractivity contribution is -0.132. The summed E-state index contributed by atoms with van der Waals surface area (Å²) in [6, 6.07) is 3.55. The molecule has 1 aliphatic rings. The van der Waals surface area contributed by atoms with Crippen molar-refractivity contribution in [1.29, 1.82) is 0 Å². The van der Waals surface area contributed by atoms with E-state index < -0.39 is 0 Å². The van der Waals surface area contributed by atoms with E-state index >= 15 is 0 Å². The van der Waals surface area contributed by atoms with Crippen molar-refractivity contribution in [3.8, 4) is 0 Å². The normalized spacial score (nSPS) is 13.6. The van der Waals surface area contributed by atoms with E-state index in [2.05, 4.69) is 27.0 Å². The van der Waals surface area contributed by atoms with Crippen LogP contribution >= 0.6 is 11.8 Å². The summed E-state index contributed by atoms with van der Waals surface area (Å²) in [6.45, 7) is 3.16. The molecule has 1 saturated carbocycles. The van der Waals surface area contributed by atoms with Crippen molar-refractivity contribution >= 4 is 23.6 Å². The Hall–Kier alpha value is -2.29. The minimum Gasteiger partial charge on any atom is -0.467 e. The van der Waals surface area contributed by atoms with E-state index in [0.717, 1.165) is 30.4 Å². The number of nitrogens with one attached hydrogen (secondary N) is 1. The number of hydrogen-bond acceptors (Lipinski definition) is 6. The minimum atomic E-state index is -0.227. The molecule has 9 heteroatoms. The first-order valence-corrected chi connectivity index (χ1v) is 9.66. The highest BCUT2D eigenvalue weighted by Gasteiger charge is 2.30. The van der Waals surface area contributed by atoms with Crippen LogP contribution in [0.5, 0.6) is 0 Å². The number of thioether (sulfide) groups is 1. The van der Waals surface area contributed by atoms with E-state index in [1.54, 1.807) is 25.4 Å². The molecule has 0 radical (unpaired) electrons. The molecular weight excluding hydrogens is 354 g/mol. The third-order valence-corrected chi connectivity index (χ3v) is 5.13. The zero-order valence-corrected chi connectivity index (χ0v) is 15.8. The van der Waals surface area contributed by atoms with E-state index in [1.807, 2.05) is 0 Å². The molecule has 2 aromatic rings. The fourth-order valence-corrected chi connectivity index (χ4v) is 3.49. The molecule has 0 atom stereocenters. The van der Waals surface area contributed by atoms with Crippen molar-refractivity contribution in [1.82, 2.24) is 25.0 Å². The molecule has 2 aromatic heterocycles. The number of rotatable bonds is 9. The Morgan fingerprint density at radius 1 is 1.42 bits per heavy atom. The van der Waals surface area contributed by atoms with Gasteiger partial charge in [0.25, 0.3) is 0 Å². The van der Waals surface area contributed by atoms with Crippen LogP contribution in [-0.4, -0.2) is 50.8 Å². The van der Waals surface area contributed by atoms with Gasteiger partial charge in [0.1, 0.15) is 11.6 Å². The second-order valence-electron chi connectivity index (χ2n) is 6.25. The van der Waals surface area contributed by atoms with Crippen molar-refractivity contribution < 1.29 is 14.0 Å². The standard InChI is InChI=1S/C17H23N5O3S/c1-3-22-16(12-6-7-12)19-20-17(22)26-11-15(24)21(2)10-14(23)18-9-13-5-4-8-25-13/h4-5,8,12H,3,6-7,9-11H2,1-2H3,(H,18,23). The molecule has 1 aliphatic carbocycles. The summed E-state index contributed by atoms with van der Waals surface area (Å²) in [5, 5.41) is 12.0. The minimum absolute atomic E-state index is 0.00783. The Labute approximate surface area is 156 Å². The van der Waals surface area contributed by atoms with Crippen LogP contribution in [0.1, 0.15) is 37.3 Å². The molecule has 140 valence electrons. The Morgan fingerprint density at radius 2 is 2.23 bits per heavy atom. The molecule has 1 N–H and O–H groups in total. The Morgan fingerprint density at radius 3 is 2.88 bits per heavy atom. The first-order chi connectivity index (χ1) is 12.6. The van der Waals surface area contributed by atoms with Crippen LogP contribution in [0.3, 0.4) is 0 Å². The Balaban J connectivity index is 1.44. The van der Waals surface area contributed by atoms with Crippen LogP contribution in [0, 0.1) is 0 Å². The zero-order chi connectivity index (χ0) is 18.5. The quantitative estimate of drug-likeness (QED) is 0.668. The Bertz CT molecular complexity index is 755. The predicted octanol–water partition coefficient (Wildman–Crippen LogP) is 1.64. The topological polar surface area (TPSA) is 93.3 Å². The third-order valence-electron chi connectivity index (χ3n) is 4.18. The molecule has 0 bridgehead atoms. The first kappa shape index (κ1) is 18.5. The predicted molar refractivity (Wildman–Crippen MR) is 96.6 cm³/mol. The van der Waals surface area contributed by atoms with E-state index in [0.29, 0.717) is 18.2 Å². The Kier molecular flexibility index (Phi) is 5.97. The van der Waals surface area contributed by atoms with Crippen molar-refractivity contribution in [2.75, 3.05) is 19.3 Å². The van der Waals surface area contributed by atoms with Gasteiger partial charge >= 0.3 is 0 Å². The molecule has 0 spiro atoms. The van der Waals surface area contributed by atoms with Gasteiger partial charge < -0.3 is 19.2 Å². The number of likely N-dealkylation sites (N-methyl/N-ethyl adjacent to an activating group) is 1. The van der Waals surface area contributed by atoms with Gasteiger partial charge in [-0.25, -0.2) is 0 Å². The number of carbonyl (C=O) groups excluding carboxylic acids is 2. The summed E-state index contributed by atoms with van der Waals surface area (Å²) in [5.41, 5.74) is 0. The van der Waals surface area contributed by atoms with Gasteiger partial charge in [-0.2, -0.15) is 0 Å². The molecular formula is C17H23N5O3S. The van der Waals surface area contributed by atoms with Gasteiger partial charge in [0.15, 0.2) is 5.16 Å². The number of aromatic nitrogens is 3. The molecule has 0 unspecified atom stereocenters. The van der Waals surface area contributed by atoms with Gasteiger partial charge in [0, 0.05) is 19.5 Å². The number of furan rings is 1. The maximum atomic E-state index is 12.3. The van der Waals surface area contributed by atoms with Crippen molar-refractivity contribution in [2.45, 2.75) is 43.9 Å². The van der Waals surface area contributed by atoms with Crippen molar-refractivity contribution in [3.05, 3.63) is 30.0 Å². The number of amides is 2.